The smallest absolute Gasteiger partial charge is 0.385 e. The predicted molar refractivity (Wildman–Crippen MR) is 83.1 cm³/mol. The van der Waals surface area contributed by atoms with Crippen LogP contribution in [0.1, 0.15) is 19.4 Å². The molecule has 2 aliphatic rings. The fraction of sp³-hybridized carbons (Fsp3) is 0.533. The van der Waals surface area contributed by atoms with Crippen LogP contribution in [0.5, 0.6) is 0 Å². The lowest BCUT2D eigenvalue weighted by Crippen LogP contribution is -2.39. The van der Waals surface area contributed by atoms with Gasteiger partial charge in [0, 0.05) is 24.0 Å². The van der Waals surface area contributed by atoms with Crippen LogP contribution in [0, 0.1) is 6.92 Å². The first kappa shape index (κ1) is 14.8. The van der Waals surface area contributed by atoms with E-state index in [2.05, 4.69) is 0 Å². The highest BCUT2D eigenvalue weighted by Gasteiger charge is 2.38. The van der Waals surface area contributed by atoms with Crippen LogP contribution in [-0.4, -0.2) is 58.2 Å². The zero-order valence-corrected chi connectivity index (χ0v) is 13.1. The molecule has 22 heavy (non-hydrogen) atoms. The average molecular weight is 304 g/mol. The first-order chi connectivity index (χ1) is 10.5. The van der Waals surface area contributed by atoms with Crippen LogP contribution >= 0.6 is 0 Å². The van der Waals surface area contributed by atoms with Crippen molar-refractivity contribution in [2.75, 3.05) is 26.3 Å². The number of hydrogen-bond acceptors (Lipinski definition) is 3. The van der Waals surface area contributed by atoms with Crippen LogP contribution in [0.2, 0.25) is 0 Å². The van der Waals surface area contributed by atoms with E-state index in [1.165, 1.54) is 4.74 Å². The van der Waals surface area contributed by atoms with E-state index in [1.807, 2.05) is 23.3 Å². The molecule has 0 unspecified atom stereocenters. The van der Waals surface area contributed by atoms with Crippen LogP contribution in [-0.2, 0) is 4.74 Å². The van der Waals surface area contributed by atoms with Crippen molar-refractivity contribution in [2.45, 2.75) is 26.8 Å². The Bertz CT molecular complexity index is 718. The Morgan fingerprint density at radius 2 is 2.05 bits per heavy atom. The van der Waals surface area contributed by atoms with Crippen molar-refractivity contribution in [3.63, 3.8) is 0 Å². The normalized spacial score (nSPS) is 18.1. The number of aromatic nitrogens is 1. The van der Waals surface area contributed by atoms with Crippen molar-refractivity contribution >= 4 is 17.6 Å². The molecule has 1 saturated heterocycles. The zero-order chi connectivity index (χ0) is 15.9. The summed E-state index contributed by atoms with van der Waals surface area (Å²) < 4.78 is 14.0. The Labute approximate surface area is 128 Å². The molecule has 118 valence electrons. The topological polar surface area (TPSA) is 72.9 Å². The maximum atomic E-state index is 12.1. The highest BCUT2D eigenvalue weighted by atomic mass is 16.5. The summed E-state index contributed by atoms with van der Waals surface area (Å²) in [5.41, 5.74) is 0.449. The highest BCUT2D eigenvalue weighted by molar-refractivity contribution is 6.02. The third-order valence-corrected chi connectivity index (χ3v) is 3.91. The van der Waals surface area contributed by atoms with E-state index in [1.54, 1.807) is 19.1 Å². The van der Waals surface area contributed by atoms with E-state index < -0.39 is 0 Å². The number of ether oxygens (including phenoxy) is 1. The molecule has 2 bridgehead atoms. The fourth-order valence-electron chi connectivity index (χ4n) is 2.71. The molecule has 0 spiro atoms. The molecule has 0 atom stereocenters. The van der Waals surface area contributed by atoms with Gasteiger partial charge in [0.15, 0.2) is 0 Å². The van der Waals surface area contributed by atoms with Crippen molar-refractivity contribution in [1.82, 2.24) is 9.64 Å². The summed E-state index contributed by atoms with van der Waals surface area (Å²) in [4.78, 5) is 13.9. The largest absolute Gasteiger partial charge is 0.465 e. The molecule has 0 amide bonds. The quantitative estimate of drug-likeness (QED) is 0.473. The monoisotopic (exact) mass is 304 g/mol. The summed E-state index contributed by atoms with van der Waals surface area (Å²) in [5, 5.41) is 10.2. The number of amidine groups is 1. The lowest BCUT2D eigenvalue weighted by Gasteiger charge is -2.36. The van der Waals surface area contributed by atoms with Crippen molar-refractivity contribution in [1.29, 1.82) is 0 Å². The maximum absolute atomic E-state index is 12.1. The minimum absolute atomic E-state index is 0.147. The summed E-state index contributed by atoms with van der Waals surface area (Å²) in [6.07, 6.45) is 3.31. The number of allylic oxidation sites excluding steroid dienone is 1. The maximum Gasteiger partial charge on any atom is 0.385 e. The summed E-state index contributed by atoms with van der Waals surface area (Å²) in [6.45, 7) is 8.32. The molecule has 0 aromatic carbocycles. The summed E-state index contributed by atoms with van der Waals surface area (Å²) >= 11 is 0. The van der Waals surface area contributed by atoms with E-state index in [0.717, 1.165) is 0 Å². The van der Waals surface area contributed by atoms with Gasteiger partial charge in [0.1, 0.15) is 5.56 Å². The summed E-state index contributed by atoms with van der Waals surface area (Å²) in [6, 6.07) is 0.147. The second kappa shape index (κ2) is 5.57. The molecule has 0 aliphatic carbocycles. The Hall–Kier alpha value is -2.15. The second-order valence-corrected chi connectivity index (χ2v) is 5.73. The minimum atomic E-state index is -0.155. The van der Waals surface area contributed by atoms with Crippen molar-refractivity contribution in [2.24, 2.45) is 0 Å². The molecule has 3 rings (SSSR count). The Morgan fingerprint density at radius 1 is 1.36 bits per heavy atom. The molecule has 7 nitrogen and oxygen atoms in total. The van der Waals surface area contributed by atoms with Gasteiger partial charge in [-0.2, -0.15) is 4.58 Å². The van der Waals surface area contributed by atoms with Gasteiger partial charge in [-0.25, -0.2) is 9.32 Å². The van der Waals surface area contributed by atoms with Crippen molar-refractivity contribution in [3.8, 4) is 0 Å². The van der Waals surface area contributed by atoms with E-state index in [-0.39, 0.29) is 17.4 Å². The lowest BCUT2D eigenvalue weighted by molar-refractivity contribution is -0.483. The molecular weight excluding hydrogens is 284 g/mol. The van der Waals surface area contributed by atoms with Gasteiger partial charge < -0.3 is 15.0 Å². The van der Waals surface area contributed by atoms with Gasteiger partial charge in [-0.15, -0.1) is 0 Å². The predicted octanol–water partition coefficient (Wildman–Crippen LogP) is 0.919. The SMILES string of the molecule is Cc1c2on(c1=O)C(/C=C\C(=[N-])N1CCOCC1)=[N+]2C(C)C. The Balaban J connectivity index is 1.87. The first-order valence-corrected chi connectivity index (χ1v) is 7.47. The van der Waals surface area contributed by atoms with Gasteiger partial charge >= 0.3 is 17.3 Å². The molecule has 0 radical (unpaired) electrons. The molecule has 1 aromatic rings. The molecule has 2 aliphatic heterocycles. The Morgan fingerprint density at radius 3 is 2.68 bits per heavy atom. The van der Waals surface area contributed by atoms with Gasteiger partial charge in [-0.05, 0) is 33.9 Å². The number of morpholine rings is 1. The van der Waals surface area contributed by atoms with Crippen LogP contribution in [0.15, 0.2) is 21.5 Å². The van der Waals surface area contributed by atoms with Gasteiger partial charge in [-0.1, -0.05) is 11.9 Å². The van der Waals surface area contributed by atoms with Crippen LogP contribution in [0.4, 0.5) is 5.88 Å². The van der Waals surface area contributed by atoms with Gasteiger partial charge in [0.05, 0.1) is 6.04 Å². The van der Waals surface area contributed by atoms with Crippen molar-refractivity contribution < 1.29 is 13.8 Å². The van der Waals surface area contributed by atoms with E-state index in [9.17, 15) is 10.2 Å². The molecule has 0 saturated carbocycles. The van der Waals surface area contributed by atoms with E-state index in [0.29, 0.717) is 43.6 Å². The van der Waals surface area contributed by atoms with Crippen LogP contribution in [0.25, 0.3) is 5.41 Å². The van der Waals surface area contributed by atoms with Crippen molar-refractivity contribution in [3.05, 3.63) is 33.5 Å². The standard InChI is InChI=1S/C15H20N4O3/c1-10(2)18-13(19-14(20)11(3)15(18)22-19)5-4-12(16)17-6-8-21-9-7-17/h4-5,10H,6-9H2,1-3H3/b5-4-. The van der Waals surface area contributed by atoms with Gasteiger partial charge in [0.25, 0.3) is 0 Å². The summed E-state index contributed by atoms with van der Waals surface area (Å²) in [5.74, 6) is 1.37. The molecule has 0 N–H and O–H groups in total. The molecule has 3 heterocycles. The lowest BCUT2D eigenvalue weighted by atomic mass is 10.2. The average Bonchev–Trinajstić information content (AvgIpc) is 3.03. The van der Waals surface area contributed by atoms with Gasteiger partial charge in [0.2, 0.25) is 0 Å². The summed E-state index contributed by atoms with van der Waals surface area (Å²) in [7, 11) is 0. The van der Waals surface area contributed by atoms with Gasteiger partial charge in [-0.3, -0.25) is 0 Å². The third kappa shape index (κ3) is 2.31. The number of nitrogens with zero attached hydrogens (tertiary/aromatic N) is 4. The minimum Gasteiger partial charge on any atom is -0.465 e. The molecule has 7 heteroatoms. The zero-order valence-electron chi connectivity index (χ0n) is 13.1. The molecular formula is C15H20N4O3. The number of rotatable bonds is 3. The number of fused-ring (bicyclic) bond motifs is 2. The second-order valence-electron chi connectivity index (χ2n) is 5.73. The first-order valence-electron chi connectivity index (χ1n) is 7.47. The van der Waals surface area contributed by atoms with Crippen LogP contribution < -0.4 is 5.56 Å². The van der Waals surface area contributed by atoms with E-state index in [4.69, 9.17) is 9.26 Å². The highest BCUT2D eigenvalue weighted by Crippen LogP contribution is 2.24. The van der Waals surface area contributed by atoms with E-state index >= 15 is 0 Å². The molecule has 1 fully saturated rings. The Kier molecular flexibility index (Phi) is 3.74. The fourth-order valence-corrected chi connectivity index (χ4v) is 2.71. The van der Waals surface area contributed by atoms with Crippen LogP contribution in [0.3, 0.4) is 0 Å². The molecule has 1 aromatic heterocycles. The number of hydrogen-bond donors (Lipinski definition) is 0. The third-order valence-electron chi connectivity index (χ3n) is 3.91.